The quantitative estimate of drug-likeness (QED) is 0.712. The lowest BCUT2D eigenvalue weighted by atomic mass is 9.92. The van der Waals surface area contributed by atoms with Gasteiger partial charge in [0, 0.05) is 18.4 Å². The summed E-state index contributed by atoms with van der Waals surface area (Å²) in [5.74, 6) is -0.375. The zero-order chi connectivity index (χ0) is 20.5. The van der Waals surface area contributed by atoms with Crippen LogP contribution in [-0.4, -0.2) is 31.1 Å². The van der Waals surface area contributed by atoms with E-state index in [1.807, 2.05) is 35.7 Å². The third-order valence-electron chi connectivity index (χ3n) is 5.85. The molecule has 29 heavy (non-hydrogen) atoms. The van der Waals surface area contributed by atoms with E-state index in [4.69, 9.17) is 0 Å². The predicted octanol–water partition coefficient (Wildman–Crippen LogP) is 2.52. The van der Waals surface area contributed by atoms with E-state index in [-0.39, 0.29) is 35.7 Å². The van der Waals surface area contributed by atoms with Crippen molar-refractivity contribution >= 4 is 11.6 Å². The lowest BCUT2D eigenvalue weighted by Crippen LogP contribution is -2.36. The zero-order valence-electron chi connectivity index (χ0n) is 16.8. The molecular formula is C22H26N4O3. The van der Waals surface area contributed by atoms with Crippen LogP contribution in [0.5, 0.6) is 0 Å². The molecule has 152 valence electrons. The monoisotopic (exact) mass is 394 g/mol. The second-order valence-corrected chi connectivity index (χ2v) is 7.87. The van der Waals surface area contributed by atoms with Gasteiger partial charge in [-0.25, -0.2) is 4.98 Å². The van der Waals surface area contributed by atoms with Gasteiger partial charge in [-0.1, -0.05) is 6.07 Å². The highest BCUT2D eigenvalue weighted by Gasteiger charge is 2.24. The van der Waals surface area contributed by atoms with Crippen molar-refractivity contribution in [2.45, 2.75) is 58.2 Å². The second kappa shape index (κ2) is 7.83. The van der Waals surface area contributed by atoms with E-state index in [0.29, 0.717) is 18.4 Å². The lowest BCUT2D eigenvalue weighted by Gasteiger charge is -2.27. The third-order valence-corrected chi connectivity index (χ3v) is 5.85. The number of nitrogens with one attached hydrogen (secondary N) is 1. The van der Waals surface area contributed by atoms with Gasteiger partial charge < -0.3 is 19.4 Å². The largest absolute Gasteiger partial charge is 0.393 e. The summed E-state index contributed by atoms with van der Waals surface area (Å²) >= 11 is 0. The number of carbonyl (C=O) groups is 1. The molecule has 1 amide bonds. The van der Waals surface area contributed by atoms with Gasteiger partial charge in [-0.05, 0) is 62.8 Å². The first kappa shape index (κ1) is 19.4. The van der Waals surface area contributed by atoms with Crippen LogP contribution in [0.2, 0.25) is 0 Å². The van der Waals surface area contributed by atoms with Gasteiger partial charge in [0.25, 0.3) is 11.5 Å². The number of aromatic nitrogens is 3. The number of pyridine rings is 2. The first-order valence-corrected chi connectivity index (χ1v) is 10.0. The molecule has 3 aromatic heterocycles. The molecule has 0 atom stereocenters. The van der Waals surface area contributed by atoms with E-state index in [1.54, 1.807) is 23.9 Å². The molecule has 3 aromatic rings. The molecule has 4 rings (SSSR count). The minimum absolute atomic E-state index is 0.0276. The molecule has 1 aliphatic rings. The maximum atomic E-state index is 13.1. The molecule has 3 heterocycles. The fourth-order valence-electron chi connectivity index (χ4n) is 4.13. The summed E-state index contributed by atoms with van der Waals surface area (Å²) in [4.78, 5) is 30.3. The van der Waals surface area contributed by atoms with E-state index in [1.165, 1.54) is 0 Å². The van der Waals surface area contributed by atoms with Crippen molar-refractivity contribution in [2.24, 2.45) is 0 Å². The number of aryl methyl sites for hydroxylation is 2. The molecule has 1 aliphatic carbocycles. The predicted molar refractivity (Wildman–Crippen MR) is 110 cm³/mol. The minimum atomic E-state index is -0.375. The number of nitrogens with zero attached hydrogens (tertiary/aromatic N) is 3. The Hall–Kier alpha value is -2.93. The Bertz CT molecular complexity index is 1110. The normalized spacial score (nSPS) is 19.4. The fraction of sp³-hybridized carbons (Fsp3) is 0.409. The molecule has 0 saturated heterocycles. The van der Waals surface area contributed by atoms with Crippen molar-refractivity contribution in [2.75, 3.05) is 0 Å². The molecule has 0 aliphatic heterocycles. The van der Waals surface area contributed by atoms with Crippen LogP contribution in [0.15, 0.2) is 41.6 Å². The molecule has 0 unspecified atom stereocenters. The average molecular weight is 394 g/mol. The van der Waals surface area contributed by atoms with E-state index in [9.17, 15) is 14.7 Å². The number of carbonyl (C=O) groups excluding carboxylic acids is 1. The van der Waals surface area contributed by atoms with Crippen LogP contribution in [0.25, 0.3) is 5.65 Å². The van der Waals surface area contributed by atoms with Gasteiger partial charge in [-0.3, -0.25) is 9.59 Å². The van der Waals surface area contributed by atoms with Gasteiger partial charge in [-0.2, -0.15) is 0 Å². The van der Waals surface area contributed by atoms with E-state index < -0.39 is 0 Å². The number of amides is 1. The first-order valence-electron chi connectivity index (χ1n) is 10.0. The molecule has 7 nitrogen and oxygen atoms in total. The van der Waals surface area contributed by atoms with Crippen LogP contribution < -0.4 is 10.9 Å². The summed E-state index contributed by atoms with van der Waals surface area (Å²) in [6.07, 6.45) is 7.98. The number of rotatable bonds is 4. The minimum Gasteiger partial charge on any atom is -0.393 e. The Balaban J connectivity index is 1.56. The van der Waals surface area contributed by atoms with Crippen molar-refractivity contribution in [3.05, 3.63) is 69.5 Å². The van der Waals surface area contributed by atoms with Crippen molar-refractivity contribution in [3.8, 4) is 0 Å². The summed E-state index contributed by atoms with van der Waals surface area (Å²) in [5.41, 5.74) is 3.35. The molecule has 2 N–H and O–H groups in total. The maximum Gasteiger partial charge on any atom is 0.263 e. The molecule has 0 aromatic carbocycles. The second-order valence-electron chi connectivity index (χ2n) is 7.87. The zero-order valence-corrected chi connectivity index (χ0v) is 16.8. The van der Waals surface area contributed by atoms with Crippen molar-refractivity contribution in [1.82, 2.24) is 19.3 Å². The summed E-state index contributed by atoms with van der Waals surface area (Å²) in [7, 11) is 0. The SMILES string of the molecule is Cc1ccn(C2CCC(O)CC2)c(=O)c1C(=O)NCc1cnc2c(C)cccn12. The molecule has 1 saturated carbocycles. The standard InChI is InChI=1S/C22H26N4O3/c1-14-9-11-26(16-5-7-18(27)8-6-16)22(29)19(14)21(28)24-13-17-12-23-20-15(2)4-3-10-25(17)20/h3-4,9-12,16,18,27H,5-8,13H2,1-2H3,(H,24,28). The van der Waals surface area contributed by atoms with Crippen LogP contribution in [0.3, 0.4) is 0 Å². The molecule has 0 radical (unpaired) electrons. The highest BCUT2D eigenvalue weighted by molar-refractivity contribution is 5.95. The van der Waals surface area contributed by atoms with E-state index in [0.717, 1.165) is 29.7 Å². The van der Waals surface area contributed by atoms with Gasteiger partial charge in [0.1, 0.15) is 11.2 Å². The van der Waals surface area contributed by atoms with Crippen LogP contribution in [0.4, 0.5) is 0 Å². The van der Waals surface area contributed by atoms with Crippen molar-refractivity contribution in [1.29, 1.82) is 0 Å². The van der Waals surface area contributed by atoms with E-state index in [2.05, 4.69) is 10.3 Å². The van der Waals surface area contributed by atoms with Crippen molar-refractivity contribution < 1.29 is 9.90 Å². The van der Waals surface area contributed by atoms with Gasteiger partial charge in [0.2, 0.25) is 0 Å². The number of aliphatic hydroxyl groups excluding tert-OH is 1. The van der Waals surface area contributed by atoms with Crippen LogP contribution in [0.1, 0.15) is 58.9 Å². The van der Waals surface area contributed by atoms with Gasteiger partial charge in [0.15, 0.2) is 0 Å². The molecule has 0 bridgehead atoms. The molecule has 0 spiro atoms. The molecular weight excluding hydrogens is 368 g/mol. The first-order chi connectivity index (χ1) is 14.0. The van der Waals surface area contributed by atoms with Crippen LogP contribution in [-0.2, 0) is 6.54 Å². The summed E-state index contributed by atoms with van der Waals surface area (Å²) < 4.78 is 3.60. The van der Waals surface area contributed by atoms with Crippen LogP contribution in [0, 0.1) is 13.8 Å². The summed E-state index contributed by atoms with van der Waals surface area (Å²) in [6.45, 7) is 4.06. The number of imidazole rings is 1. The van der Waals surface area contributed by atoms with Gasteiger partial charge >= 0.3 is 0 Å². The maximum absolute atomic E-state index is 13.1. The number of hydrogen-bond donors (Lipinski definition) is 2. The topological polar surface area (TPSA) is 88.6 Å². The summed E-state index contributed by atoms with van der Waals surface area (Å²) in [6, 6.07) is 5.78. The Kier molecular flexibility index (Phi) is 5.24. The van der Waals surface area contributed by atoms with Gasteiger partial charge in [-0.15, -0.1) is 0 Å². The smallest absolute Gasteiger partial charge is 0.263 e. The number of aliphatic hydroxyl groups is 1. The Morgan fingerprint density at radius 1 is 1.17 bits per heavy atom. The highest BCUT2D eigenvalue weighted by Crippen LogP contribution is 2.27. The lowest BCUT2D eigenvalue weighted by molar-refractivity contribution is 0.0943. The highest BCUT2D eigenvalue weighted by atomic mass is 16.3. The van der Waals surface area contributed by atoms with Crippen LogP contribution >= 0.6 is 0 Å². The Labute approximate surface area is 169 Å². The van der Waals surface area contributed by atoms with Crippen molar-refractivity contribution in [3.63, 3.8) is 0 Å². The number of hydrogen-bond acceptors (Lipinski definition) is 4. The summed E-state index contributed by atoms with van der Waals surface area (Å²) in [5, 5.41) is 12.6. The Morgan fingerprint density at radius 3 is 2.69 bits per heavy atom. The fourth-order valence-corrected chi connectivity index (χ4v) is 4.13. The Morgan fingerprint density at radius 2 is 1.93 bits per heavy atom. The van der Waals surface area contributed by atoms with E-state index >= 15 is 0 Å². The van der Waals surface area contributed by atoms with Gasteiger partial charge in [0.05, 0.1) is 24.5 Å². The molecule has 1 fully saturated rings. The third kappa shape index (κ3) is 3.70. The number of fused-ring (bicyclic) bond motifs is 1. The average Bonchev–Trinajstić information content (AvgIpc) is 3.12. The molecule has 7 heteroatoms.